The van der Waals surface area contributed by atoms with Gasteiger partial charge in [0, 0.05) is 32.7 Å². The van der Waals surface area contributed by atoms with E-state index in [-0.39, 0.29) is 43.5 Å². The van der Waals surface area contributed by atoms with Gasteiger partial charge in [0.25, 0.3) is 0 Å². The van der Waals surface area contributed by atoms with Crippen LogP contribution < -0.4 is 0 Å². The summed E-state index contributed by atoms with van der Waals surface area (Å²) in [4.78, 5) is 0. The number of hydrogen-bond acceptors (Lipinski definition) is 0. The van der Waals surface area contributed by atoms with Crippen LogP contribution in [-0.4, -0.2) is 0 Å². The smallest absolute Gasteiger partial charge is 0 e. The van der Waals surface area contributed by atoms with Crippen molar-refractivity contribution in [1.29, 1.82) is 0 Å². The average molecular weight is 298 g/mol. The van der Waals surface area contributed by atoms with E-state index in [1.807, 2.05) is 0 Å². The minimum atomic E-state index is 0. The molecule has 0 bridgehead atoms. The van der Waals surface area contributed by atoms with Crippen molar-refractivity contribution < 1.29 is 32.7 Å². The van der Waals surface area contributed by atoms with E-state index in [1.54, 1.807) is 0 Å². The minimum Gasteiger partial charge on any atom is -0.310 e. The fraction of sp³-hybridized carbons (Fsp3) is 0.800. The van der Waals surface area contributed by atoms with E-state index in [4.69, 9.17) is 0 Å². The molecule has 0 nitrogen and oxygen atoms in total. The summed E-state index contributed by atoms with van der Waals surface area (Å²) in [6.07, 6.45) is 4.73. The standard InChI is InChI=1S/C15H29.Y/c1-12(2)14(6,7)10-11-15(8,9)13(3,4)5;/h10-11H,1-9H3;/q-1;/b11-10-;. The Morgan fingerprint density at radius 2 is 1.12 bits per heavy atom. The Bertz CT molecular complexity index is 226. The second-order valence-corrected chi connectivity index (χ2v) is 7.03. The van der Waals surface area contributed by atoms with E-state index >= 15 is 0 Å². The molecule has 0 atom stereocenters. The van der Waals surface area contributed by atoms with E-state index in [2.05, 4.69) is 74.5 Å². The molecule has 0 amide bonds. The van der Waals surface area contributed by atoms with Crippen LogP contribution in [0.2, 0.25) is 0 Å². The van der Waals surface area contributed by atoms with Crippen molar-refractivity contribution in [2.24, 2.45) is 16.2 Å². The Hall–Kier alpha value is 0.844. The SMILES string of the molecule is C[C-](C)C(C)(C)/C=C\C(C)(C)C(C)(C)C.[Y]. The average Bonchev–Trinajstić information content (AvgIpc) is 1.99. The van der Waals surface area contributed by atoms with Crippen LogP contribution in [0, 0.1) is 22.2 Å². The first kappa shape index (κ1) is 19.2. The van der Waals surface area contributed by atoms with E-state index in [0.29, 0.717) is 5.41 Å². The van der Waals surface area contributed by atoms with Gasteiger partial charge in [-0.05, 0) is 10.8 Å². The number of rotatable bonds is 3. The summed E-state index contributed by atoms with van der Waals surface area (Å²) in [5.74, 6) is 1.46. The van der Waals surface area contributed by atoms with Crippen LogP contribution in [0.5, 0.6) is 0 Å². The molecular formula is C15H29Y-. The van der Waals surface area contributed by atoms with E-state index in [1.165, 1.54) is 5.92 Å². The second kappa shape index (κ2) is 6.14. The predicted molar refractivity (Wildman–Crippen MR) is 70.7 cm³/mol. The molecule has 0 fully saturated rings. The van der Waals surface area contributed by atoms with Gasteiger partial charge in [-0.2, -0.15) is 13.8 Å². The van der Waals surface area contributed by atoms with Gasteiger partial charge >= 0.3 is 0 Å². The molecule has 0 saturated heterocycles. The van der Waals surface area contributed by atoms with Crippen molar-refractivity contribution in [3.8, 4) is 0 Å². The van der Waals surface area contributed by atoms with Gasteiger partial charge in [0.1, 0.15) is 0 Å². The molecule has 0 heterocycles. The largest absolute Gasteiger partial charge is 0.310 e. The van der Waals surface area contributed by atoms with Gasteiger partial charge < -0.3 is 5.92 Å². The first-order valence-corrected chi connectivity index (χ1v) is 5.91. The molecule has 16 heavy (non-hydrogen) atoms. The summed E-state index contributed by atoms with van der Waals surface area (Å²) in [7, 11) is 0. The molecule has 1 radical (unpaired) electrons. The molecule has 0 unspecified atom stereocenters. The maximum Gasteiger partial charge on any atom is 0 e. The summed E-state index contributed by atoms with van der Waals surface area (Å²) in [5, 5.41) is 0. The van der Waals surface area contributed by atoms with E-state index < -0.39 is 0 Å². The minimum absolute atomic E-state index is 0. The number of allylic oxidation sites excluding steroid dienone is 2. The van der Waals surface area contributed by atoms with Crippen molar-refractivity contribution in [3.05, 3.63) is 18.1 Å². The third-order valence-corrected chi connectivity index (χ3v) is 4.14. The number of hydrogen-bond donors (Lipinski definition) is 0. The van der Waals surface area contributed by atoms with Crippen LogP contribution in [0.1, 0.15) is 62.3 Å². The predicted octanol–water partition coefficient (Wildman–Crippen LogP) is 5.25. The third-order valence-electron chi connectivity index (χ3n) is 4.14. The van der Waals surface area contributed by atoms with Crippen molar-refractivity contribution in [2.45, 2.75) is 62.3 Å². The molecule has 0 aromatic carbocycles. The fourth-order valence-corrected chi connectivity index (χ4v) is 0.833. The molecular weight excluding hydrogens is 269 g/mol. The quantitative estimate of drug-likeness (QED) is 0.493. The van der Waals surface area contributed by atoms with Crippen LogP contribution in [0.15, 0.2) is 12.2 Å². The third kappa shape index (κ3) is 5.45. The van der Waals surface area contributed by atoms with Crippen molar-refractivity contribution in [2.75, 3.05) is 0 Å². The Labute approximate surface area is 129 Å². The second-order valence-electron chi connectivity index (χ2n) is 7.03. The molecule has 0 spiro atoms. The van der Waals surface area contributed by atoms with Gasteiger partial charge in [-0.15, -0.1) is 11.5 Å². The van der Waals surface area contributed by atoms with Gasteiger partial charge in [0.2, 0.25) is 0 Å². The van der Waals surface area contributed by atoms with Crippen LogP contribution >= 0.6 is 0 Å². The van der Waals surface area contributed by atoms with Crippen LogP contribution in [0.3, 0.4) is 0 Å². The fourth-order valence-electron chi connectivity index (χ4n) is 0.833. The van der Waals surface area contributed by atoms with Crippen LogP contribution in [0.25, 0.3) is 0 Å². The first-order valence-electron chi connectivity index (χ1n) is 5.91. The van der Waals surface area contributed by atoms with E-state index in [9.17, 15) is 0 Å². The molecule has 0 aliphatic carbocycles. The topological polar surface area (TPSA) is 0 Å². The zero-order valence-electron chi connectivity index (χ0n) is 12.7. The molecule has 0 rings (SSSR count). The van der Waals surface area contributed by atoms with Crippen molar-refractivity contribution in [3.63, 3.8) is 0 Å². The maximum atomic E-state index is 2.38. The Balaban J connectivity index is 0. The summed E-state index contributed by atoms with van der Waals surface area (Å²) in [6.45, 7) is 20.5. The normalized spacial score (nSPS) is 14.4. The van der Waals surface area contributed by atoms with Crippen LogP contribution in [-0.2, 0) is 32.7 Å². The van der Waals surface area contributed by atoms with Gasteiger partial charge in [-0.25, -0.2) is 0 Å². The molecule has 0 aromatic rings. The Morgan fingerprint density at radius 3 is 1.38 bits per heavy atom. The van der Waals surface area contributed by atoms with Gasteiger partial charge in [-0.3, -0.25) is 0 Å². The monoisotopic (exact) mass is 298 g/mol. The Morgan fingerprint density at radius 1 is 0.750 bits per heavy atom. The van der Waals surface area contributed by atoms with Crippen LogP contribution in [0.4, 0.5) is 0 Å². The van der Waals surface area contributed by atoms with Gasteiger partial charge in [-0.1, -0.05) is 54.5 Å². The van der Waals surface area contributed by atoms with Crippen molar-refractivity contribution in [1.82, 2.24) is 0 Å². The molecule has 0 N–H and O–H groups in total. The van der Waals surface area contributed by atoms with Gasteiger partial charge in [0.15, 0.2) is 0 Å². The maximum absolute atomic E-state index is 2.38. The molecule has 0 aliphatic heterocycles. The van der Waals surface area contributed by atoms with E-state index in [0.717, 1.165) is 0 Å². The zero-order valence-corrected chi connectivity index (χ0v) is 15.6. The van der Waals surface area contributed by atoms with Gasteiger partial charge in [0.05, 0.1) is 0 Å². The molecule has 93 valence electrons. The molecule has 0 saturated carbocycles. The summed E-state index contributed by atoms with van der Waals surface area (Å²) < 4.78 is 0. The first-order chi connectivity index (χ1) is 6.40. The molecule has 1 heteroatoms. The Kier molecular flexibility index (Phi) is 7.36. The summed E-state index contributed by atoms with van der Waals surface area (Å²) in [5.41, 5.74) is 0.753. The van der Waals surface area contributed by atoms with Crippen molar-refractivity contribution >= 4 is 0 Å². The summed E-state index contributed by atoms with van der Waals surface area (Å²) >= 11 is 0. The molecule has 0 aliphatic rings. The molecule has 0 aromatic heterocycles. The summed E-state index contributed by atoms with van der Waals surface area (Å²) in [6, 6.07) is 0. The zero-order chi connectivity index (χ0) is 12.5.